The average Bonchev–Trinajstić information content (AvgIpc) is 3.02. The van der Waals surface area contributed by atoms with Crippen molar-refractivity contribution < 1.29 is 4.79 Å². The lowest BCUT2D eigenvalue weighted by atomic mass is 10.1. The molecule has 0 aliphatic carbocycles. The first-order chi connectivity index (χ1) is 10.7. The number of likely N-dealkylation sites (N-methyl/N-ethyl adjacent to an activating group) is 1. The van der Waals surface area contributed by atoms with E-state index >= 15 is 0 Å². The van der Waals surface area contributed by atoms with E-state index in [0.29, 0.717) is 18.0 Å². The molecule has 2 aromatic heterocycles. The van der Waals surface area contributed by atoms with Crippen LogP contribution in [0, 0.1) is 0 Å². The molecule has 24 heavy (non-hydrogen) atoms. The van der Waals surface area contributed by atoms with Gasteiger partial charge in [0.05, 0.1) is 12.9 Å². The first-order valence-corrected chi connectivity index (χ1v) is 7.24. The van der Waals surface area contributed by atoms with Crippen LogP contribution in [0.15, 0.2) is 24.3 Å². The summed E-state index contributed by atoms with van der Waals surface area (Å²) in [5, 5.41) is 6.20. The van der Waals surface area contributed by atoms with E-state index in [-0.39, 0.29) is 37.3 Å². The Balaban J connectivity index is 0.00000144. The van der Waals surface area contributed by atoms with Gasteiger partial charge in [-0.2, -0.15) is 0 Å². The first-order valence-electron chi connectivity index (χ1n) is 7.24. The van der Waals surface area contributed by atoms with E-state index in [1.807, 2.05) is 7.05 Å². The van der Waals surface area contributed by atoms with Gasteiger partial charge in [-0.05, 0) is 13.0 Å². The van der Waals surface area contributed by atoms with Crippen LogP contribution in [0.5, 0.6) is 0 Å². The number of imidazole rings is 1. The number of rotatable bonds is 5. The maximum atomic E-state index is 12.1. The highest BCUT2D eigenvalue weighted by Gasteiger charge is 2.14. The number of amides is 1. The van der Waals surface area contributed by atoms with Crippen LogP contribution in [0.3, 0.4) is 0 Å². The van der Waals surface area contributed by atoms with Gasteiger partial charge in [0.15, 0.2) is 11.5 Å². The molecule has 0 atom stereocenters. The van der Waals surface area contributed by atoms with Crippen molar-refractivity contribution >= 4 is 47.7 Å². The van der Waals surface area contributed by atoms with Crippen LogP contribution in [0.4, 0.5) is 5.82 Å². The van der Waals surface area contributed by atoms with Crippen molar-refractivity contribution in [3.05, 3.63) is 24.3 Å². The van der Waals surface area contributed by atoms with E-state index in [1.54, 1.807) is 11.2 Å². The zero-order chi connectivity index (χ0) is 15.4. The number of carbonyl (C=O) groups is 1. The fraction of sp³-hybridized carbons (Fsp3) is 0.429. The molecular formula is C14H21Cl2N7O. The van der Waals surface area contributed by atoms with Gasteiger partial charge in [0, 0.05) is 20.1 Å². The third kappa shape index (κ3) is 4.80. The number of hydrogen-bond acceptors (Lipinski definition) is 6. The van der Waals surface area contributed by atoms with E-state index in [2.05, 4.69) is 36.6 Å². The zero-order valence-electron chi connectivity index (χ0n) is 13.3. The summed E-state index contributed by atoms with van der Waals surface area (Å²) in [7, 11) is 1.83. The van der Waals surface area contributed by atoms with E-state index in [0.717, 1.165) is 25.0 Å². The number of aromatic amines is 1. The second kappa shape index (κ2) is 9.41. The van der Waals surface area contributed by atoms with E-state index in [4.69, 9.17) is 0 Å². The Morgan fingerprint density at radius 1 is 1.33 bits per heavy atom. The molecule has 1 amide bonds. The summed E-state index contributed by atoms with van der Waals surface area (Å²) in [4.78, 5) is 29.2. The highest BCUT2D eigenvalue weighted by atomic mass is 35.5. The fourth-order valence-electron chi connectivity index (χ4n) is 2.43. The van der Waals surface area contributed by atoms with E-state index < -0.39 is 0 Å². The van der Waals surface area contributed by atoms with Crippen molar-refractivity contribution in [2.24, 2.45) is 0 Å². The summed E-state index contributed by atoms with van der Waals surface area (Å²) in [6.45, 7) is 2.69. The summed E-state index contributed by atoms with van der Waals surface area (Å²) in [5.41, 5.74) is 2.60. The Bertz CT molecular complexity index is 703. The van der Waals surface area contributed by atoms with Crippen LogP contribution in [0.1, 0.15) is 6.42 Å². The van der Waals surface area contributed by atoms with Crippen LogP contribution in [-0.4, -0.2) is 59.1 Å². The lowest BCUT2D eigenvalue weighted by Crippen LogP contribution is -2.37. The molecule has 0 fully saturated rings. The van der Waals surface area contributed by atoms with Gasteiger partial charge in [-0.3, -0.25) is 4.79 Å². The van der Waals surface area contributed by atoms with Crippen LogP contribution >= 0.6 is 24.8 Å². The van der Waals surface area contributed by atoms with Crippen LogP contribution in [0.2, 0.25) is 0 Å². The average molecular weight is 374 g/mol. The number of aromatic nitrogens is 4. The quantitative estimate of drug-likeness (QED) is 0.666. The minimum absolute atomic E-state index is 0. The van der Waals surface area contributed by atoms with Crippen molar-refractivity contribution in [2.45, 2.75) is 6.42 Å². The van der Waals surface area contributed by atoms with Crippen molar-refractivity contribution in [2.75, 3.05) is 38.1 Å². The van der Waals surface area contributed by atoms with Gasteiger partial charge < -0.3 is 20.5 Å². The first kappa shape index (κ1) is 20.1. The molecule has 0 bridgehead atoms. The lowest BCUT2D eigenvalue weighted by Gasteiger charge is -2.19. The number of carbonyl (C=O) groups excluding carboxylic acids is 1. The predicted molar refractivity (Wildman–Crippen MR) is 98.0 cm³/mol. The SMILES string of the molecule is CN(CC(=O)NCC1=CCNCC1)c1ncnc2nc[nH]c12.Cl.Cl. The number of nitrogens with one attached hydrogen (secondary N) is 3. The number of hydrogen-bond donors (Lipinski definition) is 3. The molecule has 0 aromatic carbocycles. The van der Waals surface area contributed by atoms with Gasteiger partial charge in [0.1, 0.15) is 11.8 Å². The second-order valence-corrected chi connectivity index (χ2v) is 5.25. The van der Waals surface area contributed by atoms with E-state index in [9.17, 15) is 4.79 Å². The molecule has 1 aliphatic heterocycles. The molecule has 3 heterocycles. The zero-order valence-corrected chi connectivity index (χ0v) is 14.9. The second-order valence-electron chi connectivity index (χ2n) is 5.25. The number of nitrogens with zero attached hydrogens (tertiary/aromatic N) is 4. The molecular weight excluding hydrogens is 353 g/mol. The monoisotopic (exact) mass is 373 g/mol. The Morgan fingerprint density at radius 2 is 2.17 bits per heavy atom. The third-order valence-electron chi connectivity index (χ3n) is 3.62. The Morgan fingerprint density at radius 3 is 2.92 bits per heavy atom. The molecule has 3 rings (SSSR count). The molecule has 0 radical (unpaired) electrons. The molecule has 8 nitrogen and oxygen atoms in total. The Hall–Kier alpha value is -1.90. The molecule has 1 aliphatic rings. The summed E-state index contributed by atoms with van der Waals surface area (Å²) >= 11 is 0. The predicted octanol–water partition coefficient (Wildman–Crippen LogP) is 0.669. The highest BCUT2D eigenvalue weighted by molar-refractivity contribution is 5.87. The van der Waals surface area contributed by atoms with Crippen LogP contribution in [-0.2, 0) is 4.79 Å². The summed E-state index contributed by atoms with van der Waals surface area (Å²) in [6, 6.07) is 0. The highest BCUT2D eigenvalue weighted by Crippen LogP contribution is 2.17. The fourth-order valence-corrected chi connectivity index (χ4v) is 2.43. The Kier molecular flexibility index (Phi) is 7.90. The van der Waals surface area contributed by atoms with Gasteiger partial charge in [0.25, 0.3) is 0 Å². The molecule has 2 aromatic rings. The summed E-state index contributed by atoms with van der Waals surface area (Å²) in [5.74, 6) is 0.631. The van der Waals surface area contributed by atoms with Crippen molar-refractivity contribution in [1.29, 1.82) is 0 Å². The molecule has 132 valence electrons. The minimum atomic E-state index is -0.0341. The van der Waals surface area contributed by atoms with Crippen molar-refractivity contribution in [3.63, 3.8) is 0 Å². The molecule has 0 unspecified atom stereocenters. The largest absolute Gasteiger partial charge is 0.351 e. The molecule has 0 saturated heterocycles. The number of fused-ring (bicyclic) bond motifs is 1. The van der Waals surface area contributed by atoms with Crippen LogP contribution in [0.25, 0.3) is 11.2 Å². The van der Waals surface area contributed by atoms with Gasteiger partial charge in [0.2, 0.25) is 5.91 Å². The Labute approximate surface area is 152 Å². The number of anilines is 1. The summed E-state index contributed by atoms with van der Waals surface area (Å²) in [6.07, 6.45) is 6.13. The lowest BCUT2D eigenvalue weighted by molar-refractivity contribution is -0.119. The van der Waals surface area contributed by atoms with Crippen molar-refractivity contribution in [1.82, 2.24) is 30.6 Å². The number of halogens is 2. The van der Waals surface area contributed by atoms with Crippen LogP contribution < -0.4 is 15.5 Å². The molecule has 10 heteroatoms. The number of H-pyrrole nitrogens is 1. The standard InChI is InChI=1S/C14H19N7O.2ClH/c1-21(14-12-13(18-8-17-12)19-9-20-14)7-11(22)16-6-10-2-4-15-5-3-10;;/h2,8-9,15H,3-7H2,1H3,(H,16,22)(H,17,18,19,20);2*1H. The van der Waals surface area contributed by atoms with E-state index in [1.165, 1.54) is 11.9 Å². The maximum absolute atomic E-state index is 12.1. The van der Waals surface area contributed by atoms with Crippen molar-refractivity contribution in [3.8, 4) is 0 Å². The third-order valence-corrected chi connectivity index (χ3v) is 3.62. The molecule has 0 spiro atoms. The molecule has 0 saturated carbocycles. The van der Waals surface area contributed by atoms with Gasteiger partial charge in [-0.15, -0.1) is 24.8 Å². The van der Waals surface area contributed by atoms with Gasteiger partial charge in [-0.1, -0.05) is 11.6 Å². The van der Waals surface area contributed by atoms with Gasteiger partial charge >= 0.3 is 0 Å². The smallest absolute Gasteiger partial charge is 0.239 e. The van der Waals surface area contributed by atoms with Gasteiger partial charge in [-0.25, -0.2) is 15.0 Å². The normalized spacial score (nSPS) is 13.5. The summed E-state index contributed by atoms with van der Waals surface area (Å²) < 4.78 is 0. The topological polar surface area (TPSA) is 98.8 Å². The molecule has 3 N–H and O–H groups in total. The maximum Gasteiger partial charge on any atom is 0.239 e. The minimum Gasteiger partial charge on any atom is -0.351 e.